The van der Waals surface area contributed by atoms with E-state index >= 15 is 0 Å². The number of rotatable bonds is 12. The highest BCUT2D eigenvalue weighted by Crippen LogP contribution is 2.11. The van der Waals surface area contributed by atoms with Crippen molar-refractivity contribution < 1.29 is 19.0 Å². The molecule has 0 spiro atoms. The van der Waals surface area contributed by atoms with E-state index < -0.39 is 6.10 Å². The van der Waals surface area contributed by atoms with Crippen molar-refractivity contribution in [3.8, 4) is 0 Å². The number of furan rings is 1. The Labute approximate surface area is 141 Å². The first-order valence-corrected chi connectivity index (χ1v) is 8.72. The first-order chi connectivity index (χ1) is 11.3. The molecule has 0 saturated carbocycles. The molecule has 0 fully saturated rings. The Balaban J connectivity index is 1.73. The van der Waals surface area contributed by atoms with Gasteiger partial charge in [0, 0.05) is 33.4 Å². The van der Waals surface area contributed by atoms with Gasteiger partial charge in [0.05, 0.1) is 19.0 Å². The largest absolute Gasteiger partial charge is 0.467 e. The van der Waals surface area contributed by atoms with Gasteiger partial charge in [0.2, 0.25) is 0 Å². The highest BCUT2D eigenvalue weighted by molar-refractivity contribution is 7.07. The second-order valence-electron chi connectivity index (χ2n) is 5.46. The molecular formula is C17H25NO4S. The topological polar surface area (TPSA) is 55.1 Å². The third-order valence-corrected chi connectivity index (χ3v) is 4.14. The van der Waals surface area contributed by atoms with Crippen LogP contribution in [0.5, 0.6) is 0 Å². The molecule has 0 aliphatic carbocycles. The molecule has 1 N–H and O–H groups in total. The minimum absolute atomic E-state index is 0.297. The average Bonchev–Trinajstić information content (AvgIpc) is 3.21. The Morgan fingerprint density at radius 3 is 3.00 bits per heavy atom. The van der Waals surface area contributed by atoms with Crippen LogP contribution in [0.3, 0.4) is 0 Å². The molecule has 0 aliphatic heterocycles. The van der Waals surface area contributed by atoms with Gasteiger partial charge in [-0.1, -0.05) is 0 Å². The lowest BCUT2D eigenvalue weighted by Crippen LogP contribution is -2.35. The Bertz CT molecular complexity index is 501. The number of aliphatic hydroxyl groups is 1. The number of hydrogen-bond acceptors (Lipinski definition) is 6. The van der Waals surface area contributed by atoms with Gasteiger partial charge in [-0.3, -0.25) is 4.90 Å². The van der Waals surface area contributed by atoms with Gasteiger partial charge in [-0.2, -0.15) is 11.3 Å². The number of thiophene rings is 1. The fraction of sp³-hybridized carbons (Fsp3) is 0.529. The summed E-state index contributed by atoms with van der Waals surface area (Å²) in [6.45, 7) is 3.72. The maximum Gasteiger partial charge on any atom is 0.129 e. The predicted octanol–water partition coefficient (Wildman–Crippen LogP) is 2.76. The highest BCUT2D eigenvalue weighted by Gasteiger charge is 2.13. The van der Waals surface area contributed by atoms with E-state index in [4.69, 9.17) is 13.9 Å². The molecule has 1 unspecified atom stereocenters. The normalized spacial score (nSPS) is 12.8. The summed E-state index contributed by atoms with van der Waals surface area (Å²) in [6, 6.07) is 5.81. The summed E-state index contributed by atoms with van der Waals surface area (Å²) in [7, 11) is 1.71. The van der Waals surface area contributed by atoms with Crippen LogP contribution in [0.1, 0.15) is 17.7 Å². The summed E-state index contributed by atoms with van der Waals surface area (Å²) in [5, 5.41) is 14.4. The number of ether oxygens (including phenoxy) is 2. The first-order valence-electron chi connectivity index (χ1n) is 7.78. The Morgan fingerprint density at radius 1 is 1.39 bits per heavy atom. The fourth-order valence-corrected chi connectivity index (χ4v) is 3.01. The van der Waals surface area contributed by atoms with Crippen LogP contribution in [0.15, 0.2) is 39.6 Å². The van der Waals surface area contributed by atoms with Crippen molar-refractivity contribution in [2.45, 2.75) is 25.7 Å². The SMILES string of the molecule is COCCCN(Cc1ccsc1)CC(O)COCc1ccco1. The second kappa shape index (κ2) is 10.6. The van der Waals surface area contributed by atoms with E-state index in [0.717, 1.165) is 31.9 Å². The lowest BCUT2D eigenvalue weighted by molar-refractivity contribution is 0.00283. The maximum atomic E-state index is 10.2. The minimum Gasteiger partial charge on any atom is -0.467 e. The molecule has 2 heterocycles. The number of methoxy groups -OCH3 is 1. The lowest BCUT2D eigenvalue weighted by atomic mass is 10.2. The lowest BCUT2D eigenvalue weighted by Gasteiger charge is -2.24. The van der Waals surface area contributed by atoms with Crippen molar-refractivity contribution >= 4 is 11.3 Å². The van der Waals surface area contributed by atoms with Crippen LogP contribution in [0.2, 0.25) is 0 Å². The van der Waals surface area contributed by atoms with Gasteiger partial charge >= 0.3 is 0 Å². The summed E-state index contributed by atoms with van der Waals surface area (Å²) in [4.78, 5) is 2.24. The van der Waals surface area contributed by atoms with E-state index in [-0.39, 0.29) is 0 Å². The molecule has 0 bridgehead atoms. The van der Waals surface area contributed by atoms with E-state index in [0.29, 0.717) is 19.8 Å². The fourth-order valence-electron chi connectivity index (χ4n) is 2.35. The van der Waals surface area contributed by atoms with E-state index in [1.807, 2.05) is 12.1 Å². The van der Waals surface area contributed by atoms with E-state index in [9.17, 15) is 5.11 Å². The van der Waals surface area contributed by atoms with E-state index in [2.05, 4.69) is 21.7 Å². The van der Waals surface area contributed by atoms with Crippen LogP contribution in [-0.2, 0) is 22.6 Å². The zero-order valence-electron chi connectivity index (χ0n) is 13.5. The Hall–Kier alpha value is -1.18. The van der Waals surface area contributed by atoms with Crippen molar-refractivity contribution in [1.29, 1.82) is 0 Å². The molecule has 128 valence electrons. The van der Waals surface area contributed by atoms with Crippen LogP contribution < -0.4 is 0 Å². The van der Waals surface area contributed by atoms with Gasteiger partial charge in [-0.05, 0) is 40.9 Å². The summed E-state index contributed by atoms with van der Waals surface area (Å²) >= 11 is 1.69. The van der Waals surface area contributed by atoms with Crippen LogP contribution in [0.4, 0.5) is 0 Å². The Kier molecular flexibility index (Phi) is 8.35. The summed E-state index contributed by atoms with van der Waals surface area (Å²) in [6.07, 6.45) is 2.04. The highest BCUT2D eigenvalue weighted by atomic mass is 32.1. The summed E-state index contributed by atoms with van der Waals surface area (Å²) in [5.41, 5.74) is 1.27. The first kappa shape index (κ1) is 18.2. The molecule has 0 radical (unpaired) electrons. The zero-order valence-corrected chi connectivity index (χ0v) is 14.3. The van der Waals surface area contributed by atoms with Crippen molar-refractivity contribution in [2.24, 2.45) is 0 Å². The molecule has 6 heteroatoms. The van der Waals surface area contributed by atoms with E-state index in [1.165, 1.54) is 5.56 Å². The summed E-state index contributed by atoms with van der Waals surface area (Å²) in [5.74, 6) is 0.771. The average molecular weight is 339 g/mol. The smallest absolute Gasteiger partial charge is 0.129 e. The van der Waals surface area contributed by atoms with Gasteiger partial charge in [-0.25, -0.2) is 0 Å². The number of aliphatic hydroxyl groups excluding tert-OH is 1. The minimum atomic E-state index is -0.522. The van der Waals surface area contributed by atoms with Crippen LogP contribution in [0, 0.1) is 0 Å². The standard InChI is InChI=1S/C17H25NO4S/c1-20-7-3-6-18(10-15-5-9-23-14-15)11-16(19)12-21-13-17-4-2-8-22-17/h2,4-5,8-9,14,16,19H,3,6-7,10-13H2,1H3. The monoisotopic (exact) mass is 339 g/mol. The Morgan fingerprint density at radius 2 is 2.30 bits per heavy atom. The van der Waals surface area contributed by atoms with E-state index in [1.54, 1.807) is 24.7 Å². The molecular weight excluding hydrogens is 314 g/mol. The van der Waals surface area contributed by atoms with Crippen molar-refractivity contribution in [1.82, 2.24) is 4.90 Å². The molecule has 1 atom stereocenters. The molecule has 2 aromatic heterocycles. The second-order valence-corrected chi connectivity index (χ2v) is 6.24. The molecule has 2 rings (SSSR count). The number of nitrogens with zero attached hydrogens (tertiary/aromatic N) is 1. The molecule has 0 saturated heterocycles. The quantitative estimate of drug-likeness (QED) is 0.603. The summed E-state index contributed by atoms with van der Waals surface area (Å²) < 4.78 is 15.8. The maximum absolute atomic E-state index is 10.2. The van der Waals surface area contributed by atoms with Crippen LogP contribution >= 0.6 is 11.3 Å². The van der Waals surface area contributed by atoms with Crippen molar-refractivity contribution in [2.75, 3.05) is 33.4 Å². The van der Waals surface area contributed by atoms with Gasteiger partial charge in [0.15, 0.2) is 0 Å². The molecule has 23 heavy (non-hydrogen) atoms. The van der Waals surface area contributed by atoms with Crippen LogP contribution in [0.25, 0.3) is 0 Å². The third kappa shape index (κ3) is 7.28. The predicted molar refractivity (Wildman–Crippen MR) is 90.5 cm³/mol. The van der Waals surface area contributed by atoms with Gasteiger partial charge in [-0.15, -0.1) is 0 Å². The third-order valence-electron chi connectivity index (χ3n) is 3.41. The molecule has 0 amide bonds. The van der Waals surface area contributed by atoms with Crippen molar-refractivity contribution in [3.05, 3.63) is 46.5 Å². The molecule has 0 aromatic carbocycles. The van der Waals surface area contributed by atoms with Crippen LogP contribution in [-0.4, -0.2) is 49.5 Å². The zero-order chi connectivity index (χ0) is 16.3. The molecule has 2 aromatic rings. The van der Waals surface area contributed by atoms with Gasteiger partial charge in [0.25, 0.3) is 0 Å². The number of hydrogen-bond donors (Lipinski definition) is 1. The van der Waals surface area contributed by atoms with Crippen molar-refractivity contribution in [3.63, 3.8) is 0 Å². The van der Waals surface area contributed by atoms with Gasteiger partial charge in [0.1, 0.15) is 12.4 Å². The molecule has 5 nitrogen and oxygen atoms in total. The molecule has 0 aliphatic rings. The van der Waals surface area contributed by atoms with Gasteiger partial charge < -0.3 is 19.0 Å².